The van der Waals surface area contributed by atoms with Gasteiger partial charge in [-0.15, -0.1) is 23.1 Å². The van der Waals surface area contributed by atoms with Gasteiger partial charge in [0.2, 0.25) is 11.8 Å². The monoisotopic (exact) mass is 440 g/mol. The van der Waals surface area contributed by atoms with Gasteiger partial charge in [-0.05, 0) is 31.9 Å². The number of amides is 2. The lowest BCUT2D eigenvalue weighted by atomic mass is 10.1. The molecule has 0 saturated carbocycles. The summed E-state index contributed by atoms with van der Waals surface area (Å²) in [4.78, 5) is 30.1. The Labute approximate surface area is 184 Å². The summed E-state index contributed by atoms with van der Waals surface area (Å²) >= 11 is 2.93. The number of hydrogen-bond donors (Lipinski definition) is 1. The van der Waals surface area contributed by atoms with E-state index in [1.165, 1.54) is 40.0 Å². The number of thioether (sulfide) groups is 1. The molecule has 1 aliphatic heterocycles. The van der Waals surface area contributed by atoms with Crippen LogP contribution in [0.1, 0.15) is 17.0 Å². The number of nitrogens with one attached hydrogen (secondary N) is 1. The highest BCUT2D eigenvalue weighted by molar-refractivity contribution is 8.00. The van der Waals surface area contributed by atoms with Gasteiger partial charge in [0.1, 0.15) is 6.54 Å². The van der Waals surface area contributed by atoms with Crippen LogP contribution >= 0.6 is 23.1 Å². The van der Waals surface area contributed by atoms with Crippen molar-refractivity contribution in [3.63, 3.8) is 0 Å². The van der Waals surface area contributed by atoms with E-state index in [4.69, 9.17) is 0 Å². The number of carbonyl (C=O) groups excluding carboxylic acids is 2. The quantitative estimate of drug-likeness (QED) is 0.604. The summed E-state index contributed by atoms with van der Waals surface area (Å²) in [6.45, 7) is 5.22. The van der Waals surface area contributed by atoms with Gasteiger partial charge in [-0.3, -0.25) is 9.59 Å². The van der Waals surface area contributed by atoms with Gasteiger partial charge in [0.25, 0.3) is 0 Å². The Morgan fingerprint density at radius 3 is 2.77 bits per heavy atom. The van der Waals surface area contributed by atoms with E-state index in [-0.39, 0.29) is 18.4 Å². The zero-order chi connectivity index (χ0) is 21.1. The molecule has 2 aromatic heterocycles. The van der Waals surface area contributed by atoms with E-state index in [1.54, 1.807) is 4.90 Å². The van der Waals surface area contributed by atoms with Crippen LogP contribution in [-0.2, 0) is 22.6 Å². The topological polar surface area (TPSA) is 67.2 Å². The molecule has 0 atom stereocenters. The molecule has 1 aliphatic rings. The zero-order valence-corrected chi connectivity index (χ0v) is 18.7. The number of thiazole rings is 1. The largest absolute Gasteiger partial charge is 0.348 e. The maximum atomic E-state index is 12.3. The van der Waals surface area contributed by atoms with Crippen molar-refractivity contribution in [2.45, 2.75) is 26.8 Å². The number of hydrogen-bond acceptors (Lipinski definition) is 5. The van der Waals surface area contributed by atoms with Crippen molar-refractivity contribution in [2.24, 2.45) is 0 Å². The van der Waals surface area contributed by atoms with Crippen LogP contribution < -0.4 is 5.32 Å². The van der Waals surface area contributed by atoms with Crippen molar-refractivity contribution in [3.8, 4) is 11.3 Å². The molecule has 0 unspecified atom stereocenters. The number of rotatable bonds is 7. The average Bonchev–Trinajstić information content (AvgIpc) is 3.42. The van der Waals surface area contributed by atoms with Crippen molar-refractivity contribution in [3.05, 3.63) is 58.7 Å². The molecule has 0 spiro atoms. The molecule has 1 N–H and O–H groups in total. The number of nitrogens with zero attached hydrogens (tertiary/aromatic N) is 3. The standard InChI is InChI=1S/C22H24N4O2S2/c1-15-10-18(16(2)26(15)9-8-17-6-4-3-5-7-17)19-12-30-22(23-19)24-20(27)11-25-14-29-13-21(25)28/h3-7,10,12H,8-9,11,13-14H2,1-2H3,(H,23,24,27). The molecular weight excluding hydrogens is 416 g/mol. The minimum Gasteiger partial charge on any atom is -0.348 e. The summed E-state index contributed by atoms with van der Waals surface area (Å²) in [5, 5.41) is 5.35. The lowest BCUT2D eigenvalue weighted by Gasteiger charge is -2.13. The second-order valence-corrected chi connectivity index (χ2v) is 9.14. The molecule has 156 valence electrons. The molecule has 0 bridgehead atoms. The lowest BCUT2D eigenvalue weighted by molar-refractivity contribution is -0.130. The SMILES string of the molecule is Cc1cc(-c2csc(NC(=O)CN3CSCC3=O)n2)c(C)n1CCc1ccccc1. The smallest absolute Gasteiger partial charge is 0.245 e. The first-order valence-electron chi connectivity index (χ1n) is 9.83. The third kappa shape index (κ3) is 4.60. The third-order valence-corrected chi connectivity index (χ3v) is 6.93. The van der Waals surface area contributed by atoms with Crippen molar-refractivity contribution < 1.29 is 9.59 Å². The zero-order valence-electron chi connectivity index (χ0n) is 17.1. The summed E-state index contributed by atoms with van der Waals surface area (Å²) < 4.78 is 2.32. The minimum absolute atomic E-state index is 0.0120. The van der Waals surface area contributed by atoms with Gasteiger partial charge in [0, 0.05) is 28.9 Å². The highest BCUT2D eigenvalue weighted by Gasteiger charge is 2.23. The van der Waals surface area contributed by atoms with Crippen LogP contribution in [0.4, 0.5) is 5.13 Å². The normalized spacial score (nSPS) is 13.8. The Morgan fingerprint density at radius 2 is 2.03 bits per heavy atom. The molecule has 1 saturated heterocycles. The fourth-order valence-electron chi connectivity index (χ4n) is 3.62. The van der Waals surface area contributed by atoms with Crippen LogP contribution in [0.3, 0.4) is 0 Å². The van der Waals surface area contributed by atoms with Crippen LogP contribution in [0.5, 0.6) is 0 Å². The average molecular weight is 441 g/mol. The molecule has 3 aromatic rings. The van der Waals surface area contributed by atoms with Gasteiger partial charge in [-0.1, -0.05) is 30.3 Å². The predicted octanol–water partition coefficient (Wildman–Crippen LogP) is 3.94. The number of carbonyl (C=O) groups is 2. The molecule has 0 radical (unpaired) electrons. The van der Waals surface area contributed by atoms with Crippen molar-refractivity contribution >= 4 is 40.0 Å². The molecule has 0 aliphatic carbocycles. The Bertz CT molecular complexity index is 1060. The fraction of sp³-hybridized carbons (Fsp3) is 0.318. The first kappa shape index (κ1) is 20.7. The Hall–Kier alpha value is -2.58. The molecule has 30 heavy (non-hydrogen) atoms. The number of aryl methyl sites for hydroxylation is 2. The second kappa shape index (κ2) is 9.06. The van der Waals surface area contributed by atoms with Gasteiger partial charge in [-0.2, -0.15) is 0 Å². The van der Waals surface area contributed by atoms with E-state index in [9.17, 15) is 9.59 Å². The number of aromatic nitrogens is 2. The summed E-state index contributed by atoms with van der Waals surface area (Å²) in [7, 11) is 0. The van der Waals surface area contributed by atoms with E-state index in [2.05, 4.69) is 59.0 Å². The van der Waals surface area contributed by atoms with Crippen LogP contribution in [0.15, 0.2) is 41.8 Å². The van der Waals surface area contributed by atoms with Crippen molar-refractivity contribution in [2.75, 3.05) is 23.5 Å². The molecule has 3 heterocycles. The lowest BCUT2D eigenvalue weighted by Crippen LogP contribution is -2.34. The van der Waals surface area contributed by atoms with E-state index >= 15 is 0 Å². The molecular formula is C22H24N4O2S2. The van der Waals surface area contributed by atoms with Gasteiger partial charge >= 0.3 is 0 Å². The highest BCUT2D eigenvalue weighted by atomic mass is 32.2. The first-order valence-corrected chi connectivity index (χ1v) is 11.9. The maximum Gasteiger partial charge on any atom is 0.245 e. The van der Waals surface area contributed by atoms with Crippen molar-refractivity contribution in [1.82, 2.24) is 14.5 Å². The minimum atomic E-state index is -0.208. The van der Waals surface area contributed by atoms with Gasteiger partial charge < -0.3 is 14.8 Å². The van der Waals surface area contributed by atoms with Crippen LogP contribution in [0, 0.1) is 13.8 Å². The van der Waals surface area contributed by atoms with Crippen LogP contribution in [-0.4, -0.2) is 44.4 Å². The molecule has 1 aromatic carbocycles. The Balaban J connectivity index is 1.42. The summed E-state index contributed by atoms with van der Waals surface area (Å²) in [5.41, 5.74) is 5.64. The predicted molar refractivity (Wildman–Crippen MR) is 123 cm³/mol. The van der Waals surface area contributed by atoms with Gasteiger partial charge in [0.15, 0.2) is 5.13 Å². The number of anilines is 1. The first-order chi connectivity index (χ1) is 14.5. The fourth-order valence-corrected chi connectivity index (χ4v) is 5.25. The Kier molecular flexibility index (Phi) is 6.24. The summed E-state index contributed by atoms with van der Waals surface area (Å²) in [5.74, 6) is 0.830. The molecule has 6 nitrogen and oxygen atoms in total. The van der Waals surface area contributed by atoms with E-state index < -0.39 is 0 Å². The molecule has 4 rings (SSSR count). The third-order valence-electron chi connectivity index (χ3n) is 5.23. The van der Waals surface area contributed by atoms with Crippen LogP contribution in [0.25, 0.3) is 11.3 Å². The molecule has 2 amide bonds. The van der Waals surface area contributed by atoms with E-state index in [0.29, 0.717) is 16.8 Å². The van der Waals surface area contributed by atoms with Crippen molar-refractivity contribution in [1.29, 1.82) is 0 Å². The Morgan fingerprint density at radius 1 is 1.23 bits per heavy atom. The van der Waals surface area contributed by atoms with Crippen LogP contribution in [0.2, 0.25) is 0 Å². The van der Waals surface area contributed by atoms with E-state index in [1.807, 2.05) is 11.4 Å². The molecule has 8 heteroatoms. The summed E-state index contributed by atoms with van der Waals surface area (Å²) in [6.07, 6.45) is 0.975. The van der Waals surface area contributed by atoms with E-state index in [0.717, 1.165) is 24.2 Å². The van der Waals surface area contributed by atoms with Gasteiger partial charge in [0.05, 0.1) is 17.3 Å². The number of benzene rings is 1. The summed E-state index contributed by atoms with van der Waals surface area (Å²) in [6, 6.07) is 12.6. The van der Waals surface area contributed by atoms with Gasteiger partial charge in [-0.25, -0.2) is 4.98 Å². The maximum absolute atomic E-state index is 12.3. The molecule has 1 fully saturated rings. The highest BCUT2D eigenvalue weighted by Crippen LogP contribution is 2.30. The second-order valence-electron chi connectivity index (χ2n) is 7.33.